The van der Waals surface area contributed by atoms with Crippen molar-refractivity contribution in [3.63, 3.8) is 0 Å². The summed E-state index contributed by atoms with van der Waals surface area (Å²) < 4.78 is 5.27. The number of hydrogen-bond acceptors (Lipinski definition) is 7. The SMILES string of the molecule is CCN(Cc1noc(CC(C)C)n1)C(=O)c1cnc(-c2cccnc2)nc1C. The summed E-state index contributed by atoms with van der Waals surface area (Å²) in [5.41, 5.74) is 1.88. The van der Waals surface area contributed by atoms with Crippen LogP contribution in [0.2, 0.25) is 0 Å². The molecule has 0 spiro atoms. The van der Waals surface area contributed by atoms with Crippen molar-refractivity contribution in [2.45, 2.75) is 40.7 Å². The molecule has 8 heteroatoms. The quantitative estimate of drug-likeness (QED) is 0.621. The van der Waals surface area contributed by atoms with Gasteiger partial charge in [0.25, 0.3) is 5.91 Å². The molecule has 1 amide bonds. The van der Waals surface area contributed by atoms with E-state index in [-0.39, 0.29) is 12.5 Å². The Bertz CT molecular complexity index is 939. The van der Waals surface area contributed by atoms with Crippen LogP contribution in [0.15, 0.2) is 35.2 Å². The molecule has 0 aliphatic carbocycles. The highest BCUT2D eigenvalue weighted by Gasteiger charge is 2.21. The van der Waals surface area contributed by atoms with Gasteiger partial charge in [0.05, 0.1) is 17.8 Å². The molecule has 0 atom stereocenters. The molecule has 0 aliphatic rings. The van der Waals surface area contributed by atoms with Gasteiger partial charge in [-0.2, -0.15) is 4.98 Å². The van der Waals surface area contributed by atoms with Crippen molar-refractivity contribution in [2.24, 2.45) is 5.92 Å². The van der Waals surface area contributed by atoms with Crippen LogP contribution in [0, 0.1) is 12.8 Å². The molecule has 0 aromatic carbocycles. The summed E-state index contributed by atoms with van der Waals surface area (Å²) in [6.07, 6.45) is 5.67. The minimum Gasteiger partial charge on any atom is -0.339 e. The zero-order valence-electron chi connectivity index (χ0n) is 16.6. The fraction of sp³-hybridized carbons (Fsp3) is 0.400. The van der Waals surface area contributed by atoms with Gasteiger partial charge in [0, 0.05) is 37.1 Å². The Morgan fingerprint density at radius 2 is 2.07 bits per heavy atom. The van der Waals surface area contributed by atoms with Crippen molar-refractivity contribution in [2.75, 3.05) is 6.54 Å². The topological polar surface area (TPSA) is 97.9 Å². The van der Waals surface area contributed by atoms with Crippen LogP contribution in [0.3, 0.4) is 0 Å². The first-order valence-corrected chi connectivity index (χ1v) is 9.32. The lowest BCUT2D eigenvalue weighted by atomic mass is 10.1. The van der Waals surface area contributed by atoms with Crippen LogP contribution in [0.4, 0.5) is 0 Å². The lowest BCUT2D eigenvalue weighted by molar-refractivity contribution is 0.0745. The molecule has 0 radical (unpaired) electrons. The highest BCUT2D eigenvalue weighted by Crippen LogP contribution is 2.17. The first kappa shape index (κ1) is 19.6. The minimum absolute atomic E-state index is 0.159. The standard InChI is InChI=1S/C20H24N6O2/c1-5-26(12-17-24-18(28-25-17)9-13(2)3)20(27)16-11-22-19(23-14(16)4)15-7-6-8-21-10-15/h6-8,10-11,13H,5,9,12H2,1-4H3. The second-order valence-electron chi connectivity index (χ2n) is 6.96. The smallest absolute Gasteiger partial charge is 0.257 e. The van der Waals surface area contributed by atoms with Gasteiger partial charge in [0.2, 0.25) is 5.89 Å². The fourth-order valence-electron chi connectivity index (χ4n) is 2.77. The van der Waals surface area contributed by atoms with Crippen molar-refractivity contribution < 1.29 is 9.32 Å². The molecule has 0 saturated heterocycles. The lowest BCUT2D eigenvalue weighted by Crippen LogP contribution is -2.31. The number of hydrogen-bond donors (Lipinski definition) is 0. The zero-order chi connectivity index (χ0) is 20.1. The Kier molecular flexibility index (Phi) is 6.08. The van der Waals surface area contributed by atoms with Crippen molar-refractivity contribution in [3.8, 4) is 11.4 Å². The molecular formula is C20H24N6O2. The zero-order valence-corrected chi connectivity index (χ0v) is 16.6. The molecule has 0 bridgehead atoms. The summed E-state index contributed by atoms with van der Waals surface area (Å²) in [4.78, 5) is 31.9. The maximum absolute atomic E-state index is 13.0. The summed E-state index contributed by atoms with van der Waals surface area (Å²) in [6, 6.07) is 3.71. The Morgan fingerprint density at radius 1 is 1.25 bits per heavy atom. The second kappa shape index (κ2) is 8.69. The Balaban J connectivity index is 1.76. The van der Waals surface area contributed by atoms with Gasteiger partial charge in [-0.1, -0.05) is 19.0 Å². The fourth-order valence-corrected chi connectivity index (χ4v) is 2.77. The van der Waals surface area contributed by atoms with Gasteiger partial charge in [-0.15, -0.1) is 0 Å². The molecule has 0 fully saturated rings. The Labute approximate surface area is 164 Å². The van der Waals surface area contributed by atoms with Crippen LogP contribution in [-0.4, -0.2) is 42.4 Å². The number of nitrogens with zero attached hydrogens (tertiary/aromatic N) is 6. The number of amides is 1. The molecule has 28 heavy (non-hydrogen) atoms. The van der Waals surface area contributed by atoms with E-state index in [1.165, 1.54) is 0 Å². The summed E-state index contributed by atoms with van der Waals surface area (Å²) in [5, 5.41) is 3.99. The molecule has 3 heterocycles. The van der Waals surface area contributed by atoms with E-state index in [9.17, 15) is 4.79 Å². The first-order valence-electron chi connectivity index (χ1n) is 9.32. The highest BCUT2D eigenvalue weighted by molar-refractivity contribution is 5.95. The summed E-state index contributed by atoms with van der Waals surface area (Å²) in [7, 11) is 0. The van der Waals surface area contributed by atoms with E-state index in [1.54, 1.807) is 30.4 Å². The molecule has 0 N–H and O–H groups in total. The summed E-state index contributed by atoms with van der Waals surface area (Å²) in [5.74, 6) is 1.90. The van der Waals surface area contributed by atoms with E-state index in [0.717, 1.165) is 12.0 Å². The molecule has 0 unspecified atom stereocenters. The monoisotopic (exact) mass is 380 g/mol. The van der Waals surface area contributed by atoms with Crippen LogP contribution in [0.5, 0.6) is 0 Å². The third-order valence-corrected chi connectivity index (χ3v) is 4.22. The van der Waals surface area contributed by atoms with E-state index in [2.05, 4.69) is 38.9 Å². The van der Waals surface area contributed by atoms with Crippen molar-refractivity contribution >= 4 is 5.91 Å². The third kappa shape index (κ3) is 4.57. The second-order valence-corrected chi connectivity index (χ2v) is 6.96. The van der Waals surface area contributed by atoms with Crippen LogP contribution < -0.4 is 0 Å². The predicted molar refractivity (Wildman–Crippen MR) is 103 cm³/mol. The van der Waals surface area contributed by atoms with Crippen LogP contribution >= 0.6 is 0 Å². The maximum Gasteiger partial charge on any atom is 0.257 e. The summed E-state index contributed by atoms with van der Waals surface area (Å²) >= 11 is 0. The number of aryl methyl sites for hydroxylation is 1. The normalized spacial score (nSPS) is 11.0. The van der Waals surface area contributed by atoms with Crippen molar-refractivity contribution in [3.05, 3.63) is 53.7 Å². The largest absolute Gasteiger partial charge is 0.339 e. The van der Waals surface area contributed by atoms with Gasteiger partial charge < -0.3 is 9.42 Å². The average molecular weight is 380 g/mol. The third-order valence-electron chi connectivity index (χ3n) is 4.22. The number of carbonyl (C=O) groups is 1. The number of aromatic nitrogens is 5. The van der Waals surface area contributed by atoms with Crippen LogP contribution in [-0.2, 0) is 13.0 Å². The highest BCUT2D eigenvalue weighted by atomic mass is 16.5. The number of pyridine rings is 1. The van der Waals surface area contributed by atoms with E-state index >= 15 is 0 Å². The molecular weight excluding hydrogens is 356 g/mol. The van der Waals surface area contributed by atoms with Crippen LogP contribution in [0.25, 0.3) is 11.4 Å². The maximum atomic E-state index is 13.0. The van der Waals surface area contributed by atoms with E-state index in [4.69, 9.17) is 4.52 Å². The first-order chi connectivity index (χ1) is 13.5. The number of rotatable bonds is 7. The van der Waals surface area contributed by atoms with Gasteiger partial charge in [-0.25, -0.2) is 9.97 Å². The molecule has 3 aromatic rings. The van der Waals surface area contributed by atoms with E-state index in [1.807, 2.05) is 19.1 Å². The van der Waals surface area contributed by atoms with Gasteiger partial charge in [0.1, 0.15) is 0 Å². The minimum atomic E-state index is -0.159. The van der Waals surface area contributed by atoms with Gasteiger partial charge in [-0.05, 0) is 31.9 Å². The lowest BCUT2D eigenvalue weighted by Gasteiger charge is -2.19. The van der Waals surface area contributed by atoms with E-state index < -0.39 is 0 Å². The molecule has 3 aromatic heterocycles. The molecule has 0 aliphatic heterocycles. The molecule has 8 nitrogen and oxygen atoms in total. The van der Waals surface area contributed by atoms with Gasteiger partial charge in [-0.3, -0.25) is 9.78 Å². The summed E-state index contributed by atoms with van der Waals surface area (Å²) in [6.45, 7) is 8.68. The van der Waals surface area contributed by atoms with E-state index in [0.29, 0.717) is 41.3 Å². The molecule has 146 valence electrons. The molecule has 0 saturated carbocycles. The Hall–Kier alpha value is -3.16. The molecule has 3 rings (SSSR count). The Morgan fingerprint density at radius 3 is 2.71 bits per heavy atom. The van der Waals surface area contributed by atoms with Gasteiger partial charge in [0.15, 0.2) is 11.6 Å². The van der Waals surface area contributed by atoms with Crippen molar-refractivity contribution in [1.82, 2.24) is 30.0 Å². The number of carbonyl (C=O) groups excluding carboxylic acids is 1. The van der Waals surface area contributed by atoms with Gasteiger partial charge >= 0.3 is 0 Å². The average Bonchev–Trinajstić information content (AvgIpc) is 3.12. The van der Waals surface area contributed by atoms with Crippen LogP contribution in [0.1, 0.15) is 48.5 Å². The van der Waals surface area contributed by atoms with Crippen molar-refractivity contribution in [1.29, 1.82) is 0 Å². The predicted octanol–water partition coefficient (Wildman–Crippen LogP) is 3.09.